The fraction of sp³-hybridized carbons (Fsp3) is 0.600. The topological polar surface area (TPSA) is 15.3 Å². The molecule has 1 atom stereocenters. The molecule has 1 fully saturated rings. The first kappa shape index (κ1) is 13.9. The predicted molar refractivity (Wildman–Crippen MR) is 82.3 cm³/mol. The molecule has 1 N–H and O–H groups in total. The van der Waals surface area contributed by atoms with Gasteiger partial charge in [-0.1, -0.05) is 15.9 Å². The van der Waals surface area contributed by atoms with Crippen molar-refractivity contribution < 1.29 is 0 Å². The molecular formula is C15H23BrN2. The summed E-state index contributed by atoms with van der Waals surface area (Å²) in [5, 5.41) is 3.65. The highest BCUT2D eigenvalue weighted by atomic mass is 79.9. The number of benzene rings is 1. The van der Waals surface area contributed by atoms with Crippen molar-refractivity contribution in [1.29, 1.82) is 0 Å². The number of nitrogens with one attached hydrogen (secondary N) is 1. The summed E-state index contributed by atoms with van der Waals surface area (Å²) in [6.07, 6.45) is 2.69. The van der Waals surface area contributed by atoms with Crippen LogP contribution in [0.25, 0.3) is 0 Å². The lowest BCUT2D eigenvalue weighted by Gasteiger charge is -2.30. The Bertz CT molecular complexity index is 394. The molecule has 1 aliphatic heterocycles. The van der Waals surface area contributed by atoms with E-state index >= 15 is 0 Å². The zero-order chi connectivity index (χ0) is 13.1. The minimum Gasteiger partial charge on any atom is -0.384 e. The molecule has 0 saturated carbocycles. The van der Waals surface area contributed by atoms with Crippen LogP contribution < -0.4 is 5.32 Å². The molecule has 0 spiro atoms. The van der Waals surface area contributed by atoms with Crippen molar-refractivity contribution in [2.24, 2.45) is 5.92 Å². The third kappa shape index (κ3) is 3.48. The Morgan fingerprint density at radius 3 is 2.61 bits per heavy atom. The Hall–Kier alpha value is -0.540. The van der Waals surface area contributed by atoms with Crippen LogP contribution in [0.4, 0.5) is 5.69 Å². The first-order chi connectivity index (χ1) is 8.56. The minimum absolute atomic E-state index is 0.784. The Labute approximate surface area is 119 Å². The van der Waals surface area contributed by atoms with Crippen molar-refractivity contribution in [1.82, 2.24) is 4.90 Å². The van der Waals surface area contributed by atoms with E-state index in [1.807, 2.05) is 0 Å². The van der Waals surface area contributed by atoms with E-state index in [4.69, 9.17) is 0 Å². The van der Waals surface area contributed by atoms with E-state index in [0.29, 0.717) is 0 Å². The number of nitrogens with zero attached hydrogens (tertiary/aromatic N) is 1. The Morgan fingerprint density at radius 1 is 1.33 bits per heavy atom. The van der Waals surface area contributed by atoms with Crippen molar-refractivity contribution in [2.45, 2.75) is 26.7 Å². The number of hydrogen-bond donors (Lipinski definition) is 1. The molecule has 0 amide bonds. The van der Waals surface area contributed by atoms with Gasteiger partial charge in [0, 0.05) is 23.2 Å². The average molecular weight is 311 g/mol. The summed E-state index contributed by atoms with van der Waals surface area (Å²) in [4.78, 5) is 2.44. The van der Waals surface area contributed by atoms with Crippen LogP contribution in [0, 0.1) is 19.8 Å². The van der Waals surface area contributed by atoms with Crippen LogP contribution in [0.5, 0.6) is 0 Å². The molecule has 1 aromatic rings. The molecule has 2 nitrogen and oxygen atoms in total. The van der Waals surface area contributed by atoms with E-state index in [0.717, 1.165) is 12.5 Å². The summed E-state index contributed by atoms with van der Waals surface area (Å²) in [6.45, 7) is 7.92. The van der Waals surface area contributed by atoms with Crippen LogP contribution >= 0.6 is 15.9 Å². The van der Waals surface area contributed by atoms with Gasteiger partial charge in [-0.3, -0.25) is 0 Å². The molecule has 100 valence electrons. The number of anilines is 1. The lowest BCUT2D eigenvalue weighted by atomic mass is 9.98. The fourth-order valence-electron chi connectivity index (χ4n) is 2.88. The summed E-state index contributed by atoms with van der Waals surface area (Å²) in [7, 11) is 2.22. The minimum atomic E-state index is 0.784. The van der Waals surface area contributed by atoms with Gasteiger partial charge in [-0.05, 0) is 69.5 Å². The van der Waals surface area contributed by atoms with E-state index < -0.39 is 0 Å². The second-order valence-corrected chi connectivity index (χ2v) is 6.48. The van der Waals surface area contributed by atoms with Crippen LogP contribution in [-0.4, -0.2) is 31.6 Å². The van der Waals surface area contributed by atoms with Crippen LogP contribution in [0.2, 0.25) is 0 Å². The van der Waals surface area contributed by atoms with E-state index in [1.165, 1.54) is 47.2 Å². The third-order valence-corrected chi connectivity index (χ3v) is 4.24. The van der Waals surface area contributed by atoms with Gasteiger partial charge in [-0.25, -0.2) is 0 Å². The van der Waals surface area contributed by atoms with Gasteiger partial charge in [-0.2, -0.15) is 0 Å². The fourth-order valence-corrected chi connectivity index (χ4v) is 3.56. The second kappa shape index (κ2) is 6.07. The SMILES string of the molecule is Cc1cc(Br)cc(C)c1NCC1CCCN(C)C1. The van der Waals surface area contributed by atoms with Gasteiger partial charge >= 0.3 is 0 Å². The number of hydrogen-bond acceptors (Lipinski definition) is 2. The maximum Gasteiger partial charge on any atom is 0.0400 e. The maximum atomic E-state index is 3.65. The molecule has 2 rings (SSSR count). The lowest BCUT2D eigenvalue weighted by molar-refractivity contribution is 0.217. The largest absolute Gasteiger partial charge is 0.384 e. The quantitative estimate of drug-likeness (QED) is 0.913. The molecular weight excluding hydrogens is 288 g/mol. The predicted octanol–water partition coefficient (Wildman–Crippen LogP) is 3.82. The summed E-state index contributed by atoms with van der Waals surface area (Å²) in [5.41, 5.74) is 3.96. The summed E-state index contributed by atoms with van der Waals surface area (Å²) < 4.78 is 1.17. The first-order valence-electron chi connectivity index (χ1n) is 6.75. The van der Waals surface area contributed by atoms with Crippen LogP contribution in [0.15, 0.2) is 16.6 Å². The average Bonchev–Trinajstić information content (AvgIpc) is 2.27. The molecule has 1 aliphatic rings. The molecule has 1 heterocycles. The highest BCUT2D eigenvalue weighted by Crippen LogP contribution is 2.26. The Balaban J connectivity index is 1.97. The summed E-state index contributed by atoms with van der Waals surface area (Å²) in [5.74, 6) is 0.784. The smallest absolute Gasteiger partial charge is 0.0400 e. The maximum absolute atomic E-state index is 3.65. The van der Waals surface area contributed by atoms with Gasteiger partial charge < -0.3 is 10.2 Å². The van der Waals surface area contributed by atoms with Crippen molar-refractivity contribution in [2.75, 3.05) is 32.0 Å². The highest BCUT2D eigenvalue weighted by molar-refractivity contribution is 9.10. The Morgan fingerprint density at radius 2 is 2.00 bits per heavy atom. The van der Waals surface area contributed by atoms with Crippen molar-refractivity contribution in [3.05, 3.63) is 27.7 Å². The number of piperidine rings is 1. The van der Waals surface area contributed by atoms with E-state index in [9.17, 15) is 0 Å². The standard InChI is InChI=1S/C15H23BrN2/c1-11-7-14(16)8-12(2)15(11)17-9-13-5-4-6-18(3)10-13/h7-8,13,17H,4-6,9-10H2,1-3H3. The molecule has 0 radical (unpaired) electrons. The molecule has 0 bridgehead atoms. The number of halogens is 1. The van der Waals surface area contributed by atoms with Gasteiger partial charge in [-0.15, -0.1) is 0 Å². The summed E-state index contributed by atoms with van der Waals surface area (Å²) in [6, 6.07) is 4.37. The first-order valence-corrected chi connectivity index (χ1v) is 7.54. The summed E-state index contributed by atoms with van der Waals surface area (Å²) >= 11 is 3.55. The van der Waals surface area contributed by atoms with Gasteiger partial charge in [0.1, 0.15) is 0 Å². The van der Waals surface area contributed by atoms with E-state index in [-0.39, 0.29) is 0 Å². The molecule has 3 heteroatoms. The van der Waals surface area contributed by atoms with Crippen LogP contribution in [0.1, 0.15) is 24.0 Å². The molecule has 1 aromatic carbocycles. The second-order valence-electron chi connectivity index (χ2n) is 5.57. The molecule has 0 aromatic heterocycles. The van der Waals surface area contributed by atoms with Gasteiger partial charge in [0.05, 0.1) is 0 Å². The van der Waals surface area contributed by atoms with E-state index in [1.54, 1.807) is 0 Å². The van der Waals surface area contributed by atoms with Crippen molar-refractivity contribution in [3.63, 3.8) is 0 Å². The highest BCUT2D eigenvalue weighted by Gasteiger charge is 2.17. The van der Waals surface area contributed by atoms with Crippen LogP contribution in [-0.2, 0) is 0 Å². The third-order valence-electron chi connectivity index (χ3n) is 3.79. The van der Waals surface area contributed by atoms with E-state index in [2.05, 4.69) is 59.2 Å². The van der Waals surface area contributed by atoms with Crippen molar-refractivity contribution >= 4 is 21.6 Å². The van der Waals surface area contributed by atoms with Gasteiger partial charge in [0.25, 0.3) is 0 Å². The van der Waals surface area contributed by atoms with Gasteiger partial charge in [0.2, 0.25) is 0 Å². The number of aryl methyl sites for hydroxylation is 2. The zero-order valence-electron chi connectivity index (χ0n) is 11.6. The lowest BCUT2D eigenvalue weighted by Crippen LogP contribution is -2.35. The number of likely N-dealkylation sites (tertiary alicyclic amines) is 1. The molecule has 1 unspecified atom stereocenters. The van der Waals surface area contributed by atoms with Gasteiger partial charge in [0.15, 0.2) is 0 Å². The number of rotatable bonds is 3. The Kier molecular flexibility index (Phi) is 4.68. The molecule has 1 saturated heterocycles. The normalized spacial score (nSPS) is 21.0. The molecule has 0 aliphatic carbocycles. The zero-order valence-corrected chi connectivity index (χ0v) is 13.2. The molecule has 18 heavy (non-hydrogen) atoms. The van der Waals surface area contributed by atoms with Crippen LogP contribution in [0.3, 0.4) is 0 Å². The monoisotopic (exact) mass is 310 g/mol. The van der Waals surface area contributed by atoms with Crippen molar-refractivity contribution in [3.8, 4) is 0 Å².